The van der Waals surface area contributed by atoms with E-state index in [0.717, 1.165) is 5.75 Å². The highest BCUT2D eigenvalue weighted by molar-refractivity contribution is 7.98. The van der Waals surface area contributed by atoms with Gasteiger partial charge in [0.05, 0.1) is 12.4 Å². The molecule has 0 aliphatic rings. The van der Waals surface area contributed by atoms with Crippen molar-refractivity contribution in [2.75, 3.05) is 17.3 Å². The lowest BCUT2D eigenvalue weighted by atomic mass is 10.4. The molecule has 1 aromatic rings. The standard InChI is InChI=1S/C9H13N3O2S/c1-6(5-15-2)12-8-4-10-7(3-11-8)9(13)14/h3-4,6H,5H2,1-2H3,(H,11,12)(H,13,14). The fraction of sp³-hybridized carbons (Fsp3) is 0.444. The van der Waals surface area contributed by atoms with Crippen molar-refractivity contribution < 1.29 is 9.90 Å². The van der Waals surface area contributed by atoms with E-state index in [1.54, 1.807) is 11.8 Å². The Labute approximate surface area is 92.3 Å². The molecular weight excluding hydrogens is 214 g/mol. The number of nitrogens with zero attached hydrogens (tertiary/aromatic N) is 2. The lowest BCUT2D eigenvalue weighted by Gasteiger charge is -2.12. The monoisotopic (exact) mass is 227 g/mol. The van der Waals surface area contributed by atoms with E-state index in [-0.39, 0.29) is 11.7 Å². The first kappa shape index (κ1) is 11.8. The van der Waals surface area contributed by atoms with Crippen molar-refractivity contribution in [1.82, 2.24) is 9.97 Å². The summed E-state index contributed by atoms with van der Waals surface area (Å²) in [6.07, 6.45) is 4.70. The number of nitrogens with one attached hydrogen (secondary N) is 1. The summed E-state index contributed by atoms with van der Waals surface area (Å²) in [6, 6.07) is 0.282. The Morgan fingerprint density at radius 2 is 2.33 bits per heavy atom. The molecule has 1 rings (SSSR count). The minimum Gasteiger partial charge on any atom is -0.476 e. The molecule has 2 N–H and O–H groups in total. The third-order valence-electron chi connectivity index (χ3n) is 1.68. The first-order chi connectivity index (χ1) is 7.13. The highest BCUT2D eigenvalue weighted by Crippen LogP contribution is 2.06. The Hall–Kier alpha value is -1.30. The molecule has 0 aliphatic heterocycles. The van der Waals surface area contributed by atoms with E-state index in [1.807, 2.05) is 13.2 Å². The van der Waals surface area contributed by atoms with Gasteiger partial charge in [0, 0.05) is 11.8 Å². The van der Waals surface area contributed by atoms with Crippen molar-refractivity contribution in [3.05, 3.63) is 18.1 Å². The maximum Gasteiger partial charge on any atom is 0.356 e. The van der Waals surface area contributed by atoms with Gasteiger partial charge in [0.15, 0.2) is 5.69 Å². The van der Waals surface area contributed by atoms with Crippen molar-refractivity contribution in [1.29, 1.82) is 0 Å². The maximum atomic E-state index is 10.5. The van der Waals surface area contributed by atoms with Gasteiger partial charge >= 0.3 is 5.97 Å². The van der Waals surface area contributed by atoms with Crippen LogP contribution in [0.2, 0.25) is 0 Å². The fourth-order valence-electron chi connectivity index (χ4n) is 1.06. The number of carboxylic acids is 1. The van der Waals surface area contributed by atoms with Gasteiger partial charge in [-0.2, -0.15) is 11.8 Å². The van der Waals surface area contributed by atoms with Gasteiger partial charge in [-0.1, -0.05) is 0 Å². The second-order valence-corrected chi connectivity index (χ2v) is 4.00. The molecule has 0 saturated heterocycles. The molecule has 0 fully saturated rings. The second-order valence-electron chi connectivity index (χ2n) is 3.09. The third kappa shape index (κ3) is 3.75. The zero-order chi connectivity index (χ0) is 11.3. The van der Waals surface area contributed by atoms with Gasteiger partial charge in [-0.3, -0.25) is 0 Å². The molecule has 0 spiro atoms. The average Bonchev–Trinajstić information content (AvgIpc) is 2.18. The molecule has 0 saturated carbocycles. The van der Waals surface area contributed by atoms with Crippen molar-refractivity contribution in [2.45, 2.75) is 13.0 Å². The van der Waals surface area contributed by atoms with Crippen LogP contribution < -0.4 is 5.32 Å². The topological polar surface area (TPSA) is 75.1 Å². The Morgan fingerprint density at radius 1 is 1.60 bits per heavy atom. The fourth-order valence-corrected chi connectivity index (χ4v) is 1.64. The molecule has 0 amide bonds. The molecule has 1 aromatic heterocycles. The first-order valence-corrected chi connectivity index (χ1v) is 5.83. The molecule has 0 aliphatic carbocycles. The van der Waals surface area contributed by atoms with E-state index in [2.05, 4.69) is 15.3 Å². The van der Waals surface area contributed by atoms with Crippen LogP contribution in [0.1, 0.15) is 17.4 Å². The summed E-state index contributed by atoms with van der Waals surface area (Å²) in [4.78, 5) is 18.2. The van der Waals surface area contributed by atoms with E-state index in [1.165, 1.54) is 12.4 Å². The van der Waals surface area contributed by atoms with Gasteiger partial charge < -0.3 is 10.4 Å². The Bertz CT molecular complexity index is 329. The lowest BCUT2D eigenvalue weighted by molar-refractivity contribution is 0.0690. The maximum absolute atomic E-state index is 10.5. The lowest BCUT2D eigenvalue weighted by Crippen LogP contribution is -2.18. The zero-order valence-corrected chi connectivity index (χ0v) is 9.41. The number of aromatic carboxylic acids is 1. The van der Waals surface area contributed by atoms with Gasteiger partial charge in [-0.05, 0) is 13.2 Å². The summed E-state index contributed by atoms with van der Waals surface area (Å²) >= 11 is 1.73. The molecule has 0 aromatic carbocycles. The number of hydrogen-bond acceptors (Lipinski definition) is 5. The van der Waals surface area contributed by atoms with E-state index in [4.69, 9.17) is 5.11 Å². The number of rotatable bonds is 5. The minimum atomic E-state index is -1.06. The van der Waals surface area contributed by atoms with Crippen LogP contribution >= 0.6 is 11.8 Å². The number of anilines is 1. The quantitative estimate of drug-likeness (QED) is 0.790. The summed E-state index contributed by atoms with van der Waals surface area (Å²) < 4.78 is 0. The van der Waals surface area contributed by atoms with Crippen molar-refractivity contribution in [3.63, 3.8) is 0 Å². The highest BCUT2D eigenvalue weighted by Gasteiger charge is 2.06. The van der Waals surface area contributed by atoms with Crippen LogP contribution in [0.5, 0.6) is 0 Å². The van der Waals surface area contributed by atoms with Gasteiger partial charge in [-0.15, -0.1) is 0 Å². The molecule has 1 heterocycles. The summed E-state index contributed by atoms with van der Waals surface area (Å²) in [7, 11) is 0. The summed E-state index contributed by atoms with van der Waals surface area (Å²) in [5.74, 6) is 0.496. The molecule has 82 valence electrons. The molecule has 15 heavy (non-hydrogen) atoms. The molecule has 6 heteroatoms. The summed E-state index contributed by atoms with van der Waals surface area (Å²) in [5, 5.41) is 11.7. The predicted molar refractivity (Wildman–Crippen MR) is 60.5 cm³/mol. The largest absolute Gasteiger partial charge is 0.476 e. The van der Waals surface area contributed by atoms with Crippen LogP contribution in [-0.4, -0.2) is 39.1 Å². The number of thioether (sulfide) groups is 1. The van der Waals surface area contributed by atoms with Gasteiger partial charge in [0.1, 0.15) is 5.82 Å². The van der Waals surface area contributed by atoms with E-state index < -0.39 is 5.97 Å². The van der Waals surface area contributed by atoms with E-state index in [0.29, 0.717) is 5.82 Å². The Kier molecular flexibility index (Phi) is 4.36. The highest BCUT2D eigenvalue weighted by atomic mass is 32.2. The van der Waals surface area contributed by atoms with Crippen molar-refractivity contribution in [3.8, 4) is 0 Å². The average molecular weight is 227 g/mol. The Balaban J connectivity index is 2.60. The van der Waals surface area contributed by atoms with E-state index >= 15 is 0 Å². The van der Waals surface area contributed by atoms with Crippen LogP contribution in [-0.2, 0) is 0 Å². The van der Waals surface area contributed by atoms with Crippen LogP contribution in [0.3, 0.4) is 0 Å². The third-order valence-corrected chi connectivity index (χ3v) is 2.52. The van der Waals surface area contributed by atoms with Gasteiger partial charge in [-0.25, -0.2) is 14.8 Å². The van der Waals surface area contributed by atoms with Gasteiger partial charge in [0.25, 0.3) is 0 Å². The van der Waals surface area contributed by atoms with Crippen LogP contribution in [0, 0.1) is 0 Å². The molecule has 0 radical (unpaired) electrons. The van der Waals surface area contributed by atoms with E-state index in [9.17, 15) is 4.79 Å². The number of aromatic nitrogens is 2. The molecule has 1 atom stereocenters. The molecule has 0 bridgehead atoms. The van der Waals surface area contributed by atoms with Crippen LogP contribution in [0.25, 0.3) is 0 Å². The first-order valence-electron chi connectivity index (χ1n) is 4.44. The predicted octanol–water partition coefficient (Wildman–Crippen LogP) is 1.34. The number of hydrogen-bond donors (Lipinski definition) is 2. The normalized spacial score (nSPS) is 12.1. The van der Waals surface area contributed by atoms with Crippen molar-refractivity contribution >= 4 is 23.5 Å². The molecular formula is C9H13N3O2S. The smallest absolute Gasteiger partial charge is 0.356 e. The van der Waals surface area contributed by atoms with Crippen LogP contribution in [0.4, 0.5) is 5.82 Å². The number of carboxylic acid groups (broad SMARTS) is 1. The summed E-state index contributed by atoms with van der Waals surface area (Å²) in [6.45, 7) is 2.03. The molecule has 1 unspecified atom stereocenters. The number of carbonyl (C=O) groups is 1. The van der Waals surface area contributed by atoms with Crippen molar-refractivity contribution in [2.24, 2.45) is 0 Å². The van der Waals surface area contributed by atoms with Crippen LogP contribution in [0.15, 0.2) is 12.4 Å². The SMILES string of the molecule is CSCC(C)Nc1cnc(C(=O)O)cn1. The molecule has 5 nitrogen and oxygen atoms in total. The minimum absolute atomic E-state index is 0.0435. The zero-order valence-electron chi connectivity index (χ0n) is 8.60. The Morgan fingerprint density at radius 3 is 2.80 bits per heavy atom. The summed E-state index contributed by atoms with van der Waals surface area (Å²) in [5.41, 5.74) is -0.0435. The second kappa shape index (κ2) is 5.55. The van der Waals surface area contributed by atoms with Gasteiger partial charge in [0.2, 0.25) is 0 Å².